The highest BCUT2D eigenvalue weighted by Gasteiger charge is 1.95. The summed E-state index contributed by atoms with van der Waals surface area (Å²) in [5.74, 6) is 0. The molecule has 0 bridgehead atoms. The molecule has 0 heterocycles. The molecule has 48 valence electrons. The molecular formula is C7H15N. The lowest BCUT2D eigenvalue weighted by Crippen LogP contribution is -2.17. The molecule has 0 aliphatic heterocycles. The van der Waals surface area contributed by atoms with Crippen molar-refractivity contribution in [2.75, 3.05) is 0 Å². The second kappa shape index (κ2) is 3.67. The highest BCUT2D eigenvalue weighted by molar-refractivity contribution is 5.05. The highest BCUT2D eigenvalue weighted by Crippen LogP contribution is 2.02. The Kier molecular flexibility index (Phi) is 3.53. The summed E-state index contributed by atoms with van der Waals surface area (Å²) >= 11 is 0. The number of nitrogens with two attached hydrogens (primary N) is 1. The molecule has 1 unspecified atom stereocenters. The van der Waals surface area contributed by atoms with Crippen LogP contribution in [0.3, 0.4) is 0 Å². The van der Waals surface area contributed by atoms with E-state index in [1.807, 2.05) is 13.8 Å². The lowest BCUT2D eigenvalue weighted by molar-refractivity contribution is 0.811. The fourth-order valence-corrected chi connectivity index (χ4v) is 0.789. The fourth-order valence-electron chi connectivity index (χ4n) is 0.789. The Bertz CT molecular complexity index is 82.4. The van der Waals surface area contributed by atoms with Gasteiger partial charge in [-0.1, -0.05) is 18.6 Å². The van der Waals surface area contributed by atoms with E-state index in [4.69, 9.17) is 5.73 Å². The van der Waals surface area contributed by atoms with Crippen molar-refractivity contribution in [3.8, 4) is 0 Å². The summed E-state index contributed by atoms with van der Waals surface area (Å²) < 4.78 is 0. The molecule has 1 heteroatoms. The van der Waals surface area contributed by atoms with Crippen LogP contribution in [-0.2, 0) is 0 Å². The SMILES string of the molecule is CC=C(CC)C(C)N. The molecule has 8 heavy (non-hydrogen) atoms. The van der Waals surface area contributed by atoms with Gasteiger partial charge >= 0.3 is 0 Å². The van der Waals surface area contributed by atoms with Crippen LogP contribution in [0.5, 0.6) is 0 Å². The molecule has 0 aromatic rings. The summed E-state index contributed by atoms with van der Waals surface area (Å²) in [5, 5.41) is 0. The van der Waals surface area contributed by atoms with E-state index < -0.39 is 0 Å². The molecule has 1 nitrogen and oxygen atoms in total. The van der Waals surface area contributed by atoms with Gasteiger partial charge < -0.3 is 5.73 Å². The summed E-state index contributed by atoms with van der Waals surface area (Å²) in [6, 6.07) is 0.241. The van der Waals surface area contributed by atoms with E-state index in [0.717, 1.165) is 6.42 Å². The minimum Gasteiger partial charge on any atom is -0.324 e. The summed E-state index contributed by atoms with van der Waals surface area (Å²) in [5.41, 5.74) is 6.93. The maximum atomic E-state index is 5.59. The normalized spacial score (nSPS) is 16.2. The Morgan fingerprint density at radius 2 is 2.25 bits per heavy atom. The van der Waals surface area contributed by atoms with E-state index in [-0.39, 0.29) is 6.04 Å². The first-order valence-electron chi connectivity index (χ1n) is 3.13. The first-order chi connectivity index (χ1) is 3.72. The van der Waals surface area contributed by atoms with Gasteiger partial charge in [-0.2, -0.15) is 0 Å². The maximum absolute atomic E-state index is 5.59. The topological polar surface area (TPSA) is 26.0 Å². The predicted molar refractivity (Wildman–Crippen MR) is 37.7 cm³/mol. The van der Waals surface area contributed by atoms with Crippen LogP contribution >= 0.6 is 0 Å². The van der Waals surface area contributed by atoms with Gasteiger partial charge in [-0.05, 0) is 20.3 Å². The lowest BCUT2D eigenvalue weighted by atomic mass is 10.1. The van der Waals surface area contributed by atoms with Crippen molar-refractivity contribution in [1.82, 2.24) is 0 Å². The van der Waals surface area contributed by atoms with Gasteiger partial charge in [0.15, 0.2) is 0 Å². The molecule has 0 aliphatic carbocycles. The zero-order valence-corrected chi connectivity index (χ0v) is 5.94. The average Bonchev–Trinajstić information content (AvgIpc) is 1.69. The third kappa shape index (κ3) is 2.12. The molecule has 0 fully saturated rings. The minimum absolute atomic E-state index is 0.241. The number of allylic oxidation sites excluding steroid dienone is 1. The maximum Gasteiger partial charge on any atom is 0.0224 e. The standard InChI is InChI=1S/C7H15N/c1-4-7(5-2)6(3)8/h4,6H,5,8H2,1-3H3. The van der Waals surface area contributed by atoms with Crippen molar-refractivity contribution < 1.29 is 0 Å². The molecule has 0 saturated heterocycles. The zero-order chi connectivity index (χ0) is 6.57. The third-order valence-electron chi connectivity index (χ3n) is 1.36. The molecule has 0 saturated carbocycles. The molecule has 2 N–H and O–H groups in total. The van der Waals surface area contributed by atoms with E-state index in [1.165, 1.54) is 5.57 Å². The van der Waals surface area contributed by atoms with Crippen molar-refractivity contribution in [2.24, 2.45) is 5.73 Å². The average molecular weight is 113 g/mol. The van der Waals surface area contributed by atoms with Gasteiger partial charge in [0.1, 0.15) is 0 Å². The summed E-state index contributed by atoms with van der Waals surface area (Å²) in [6.07, 6.45) is 3.17. The lowest BCUT2D eigenvalue weighted by Gasteiger charge is -2.05. The van der Waals surface area contributed by atoms with Crippen LogP contribution in [0, 0.1) is 0 Å². The molecule has 0 amide bonds. The van der Waals surface area contributed by atoms with E-state index in [1.54, 1.807) is 0 Å². The highest BCUT2D eigenvalue weighted by atomic mass is 14.6. The van der Waals surface area contributed by atoms with Crippen LogP contribution in [0.1, 0.15) is 27.2 Å². The Morgan fingerprint density at radius 3 is 2.25 bits per heavy atom. The second-order valence-electron chi connectivity index (χ2n) is 2.01. The number of hydrogen-bond acceptors (Lipinski definition) is 1. The molecule has 1 atom stereocenters. The molecule has 0 spiro atoms. The second-order valence-corrected chi connectivity index (χ2v) is 2.01. The van der Waals surface area contributed by atoms with Crippen LogP contribution in [-0.4, -0.2) is 6.04 Å². The Morgan fingerprint density at radius 1 is 1.75 bits per heavy atom. The van der Waals surface area contributed by atoms with Crippen LogP contribution < -0.4 is 5.73 Å². The van der Waals surface area contributed by atoms with Crippen molar-refractivity contribution in [3.05, 3.63) is 11.6 Å². The Hall–Kier alpha value is -0.300. The largest absolute Gasteiger partial charge is 0.324 e. The van der Waals surface area contributed by atoms with Gasteiger partial charge in [0.25, 0.3) is 0 Å². The fraction of sp³-hybridized carbons (Fsp3) is 0.714. The number of hydrogen-bond donors (Lipinski definition) is 1. The van der Waals surface area contributed by atoms with E-state index in [0.29, 0.717) is 0 Å². The first kappa shape index (κ1) is 7.70. The Balaban J connectivity index is 3.72. The van der Waals surface area contributed by atoms with E-state index in [2.05, 4.69) is 13.0 Å². The van der Waals surface area contributed by atoms with Crippen molar-refractivity contribution in [2.45, 2.75) is 33.2 Å². The van der Waals surface area contributed by atoms with Gasteiger partial charge in [0, 0.05) is 6.04 Å². The molecule has 0 aromatic carbocycles. The molecule has 0 aliphatic rings. The molecule has 0 radical (unpaired) electrons. The van der Waals surface area contributed by atoms with Crippen molar-refractivity contribution >= 4 is 0 Å². The van der Waals surface area contributed by atoms with Gasteiger partial charge in [-0.25, -0.2) is 0 Å². The van der Waals surface area contributed by atoms with E-state index >= 15 is 0 Å². The van der Waals surface area contributed by atoms with Gasteiger partial charge in [0.2, 0.25) is 0 Å². The summed E-state index contributed by atoms with van der Waals surface area (Å²) in [6.45, 7) is 6.17. The van der Waals surface area contributed by atoms with Crippen LogP contribution in [0.2, 0.25) is 0 Å². The zero-order valence-electron chi connectivity index (χ0n) is 5.94. The first-order valence-corrected chi connectivity index (χ1v) is 3.13. The summed E-state index contributed by atoms with van der Waals surface area (Å²) in [7, 11) is 0. The monoisotopic (exact) mass is 113 g/mol. The quantitative estimate of drug-likeness (QED) is 0.542. The number of rotatable bonds is 2. The van der Waals surface area contributed by atoms with E-state index in [9.17, 15) is 0 Å². The van der Waals surface area contributed by atoms with Gasteiger partial charge in [-0.15, -0.1) is 0 Å². The molecular weight excluding hydrogens is 98.1 g/mol. The van der Waals surface area contributed by atoms with Crippen LogP contribution in [0.4, 0.5) is 0 Å². The minimum atomic E-state index is 0.241. The van der Waals surface area contributed by atoms with Crippen LogP contribution in [0.25, 0.3) is 0 Å². The Labute approximate surface area is 51.6 Å². The van der Waals surface area contributed by atoms with Gasteiger partial charge in [-0.3, -0.25) is 0 Å². The molecule has 0 aromatic heterocycles. The van der Waals surface area contributed by atoms with Crippen molar-refractivity contribution in [1.29, 1.82) is 0 Å². The summed E-state index contributed by atoms with van der Waals surface area (Å²) in [4.78, 5) is 0. The third-order valence-corrected chi connectivity index (χ3v) is 1.36. The predicted octanol–water partition coefficient (Wildman–Crippen LogP) is 1.69. The smallest absolute Gasteiger partial charge is 0.0224 e. The van der Waals surface area contributed by atoms with Gasteiger partial charge in [0.05, 0.1) is 0 Å². The van der Waals surface area contributed by atoms with Crippen molar-refractivity contribution in [3.63, 3.8) is 0 Å². The van der Waals surface area contributed by atoms with Crippen LogP contribution in [0.15, 0.2) is 11.6 Å². The molecule has 0 rings (SSSR count).